The molecule has 0 rings (SSSR count). The predicted octanol–water partition coefficient (Wildman–Crippen LogP) is 3.92. The fourth-order valence-corrected chi connectivity index (χ4v) is 4.03. The number of hydrogen-bond donors (Lipinski definition) is 5. The SMILES string of the molecule is CCCCCCCCCCCCCCCC(=O)NC(CCC(=O)NC(=O)[C@@H](N)CCCCN)C(=O)O. The molecule has 0 saturated heterocycles. The minimum Gasteiger partial charge on any atom is -0.480 e. The number of nitrogens with one attached hydrogen (secondary N) is 2. The van der Waals surface area contributed by atoms with Gasteiger partial charge in [0, 0.05) is 12.8 Å². The maximum atomic E-state index is 12.1. The molecule has 7 N–H and O–H groups in total. The van der Waals surface area contributed by atoms with E-state index in [4.69, 9.17) is 11.5 Å². The van der Waals surface area contributed by atoms with E-state index in [0.29, 0.717) is 25.8 Å². The van der Waals surface area contributed by atoms with Crippen LogP contribution in [0.1, 0.15) is 129 Å². The van der Waals surface area contributed by atoms with Crippen LogP contribution in [-0.4, -0.2) is 47.4 Å². The molecule has 0 aliphatic rings. The first-order chi connectivity index (χ1) is 17.3. The van der Waals surface area contributed by atoms with Crippen LogP contribution in [0.4, 0.5) is 0 Å². The Kier molecular flexibility index (Phi) is 22.1. The highest BCUT2D eigenvalue weighted by molar-refractivity contribution is 5.97. The molecular weight excluding hydrogens is 460 g/mol. The summed E-state index contributed by atoms with van der Waals surface area (Å²) in [6.45, 7) is 2.74. The maximum absolute atomic E-state index is 12.1. The van der Waals surface area contributed by atoms with Gasteiger partial charge in [-0.1, -0.05) is 90.4 Å². The highest BCUT2D eigenvalue weighted by Gasteiger charge is 2.22. The quantitative estimate of drug-likeness (QED) is 0.122. The van der Waals surface area contributed by atoms with E-state index in [1.165, 1.54) is 64.2 Å². The molecular formula is C27H52N4O5. The summed E-state index contributed by atoms with van der Waals surface area (Å²) >= 11 is 0. The predicted molar refractivity (Wildman–Crippen MR) is 143 cm³/mol. The molecule has 0 spiro atoms. The number of unbranched alkanes of at least 4 members (excludes halogenated alkanes) is 13. The molecule has 1 unspecified atom stereocenters. The summed E-state index contributed by atoms with van der Waals surface area (Å²) in [4.78, 5) is 47.5. The van der Waals surface area contributed by atoms with E-state index in [1.54, 1.807) is 0 Å². The van der Waals surface area contributed by atoms with Crippen molar-refractivity contribution in [3.05, 3.63) is 0 Å². The van der Waals surface area contributed by atoms with Crippen molar-refractivity contribution >= 4 is 23.7 Å². The van der Waals surface area contributed by atoms with Gasteiger partial charge in [-0.15, -0.1) is 0 Å². The zero-order valence-corrected chi connectivity index (χ0v) is 22.5. The van der Waals surface area contributed by atoms with Crippen molar-refractivity contribution in [2.75, 3.05) is 6.54 Å². The Morgan fingerprint density at radius 3 is 1.72 bits per heavy atom. The minimum atomic E-state index is -1.20. The van der Waals surface area contributed by atoms with Gasteiger partial charge in [0.15, 0.2) is 0 Å². The number of carboxylic acids is 1. The van der Waals surface area contributed by atoms with E-state index in [9.17, 15) is 24.3 Å². The number of amides is 3. The number of hydrogen-bond acceptors (Lipinski definition) is 6. The normalized spacial score (nSPS) is 12.6. The topological polar surface area (TPSA) is 165 Å². The van der Waals surface area contributed by atoms with E-state index in [1.807, 2.05) is 0 Å². The lowest BCUT2D eigenvalue weighted by molar-refractivity contribution is -0.142. The summed E-state index contributed by atoms with van der Waals surface area (Å²) in [6.07, 6.45) is 17.6. The van der Waals surface area contributed by atoms with Crippen molar-refractivity contribution in [3.8, 4) is 0 Å². The van der Waals surface area contributed by atoms with E-state index in [-0.39, 0.29) is 25.2 Å². The molecule has 0 aromatic rings. The Labute approximate surface area is 217 Å². The van der Waals surface area contributed by atoms with Gasteiger partial charge in [0.2, 0.25) is 17.7 Å². The van der Waals surface area contributed by atoms with Crippen molar-refractivity contribution in [2.24, 2.45) is 11.5 Å². The van der Waals surface area contributed by atoms with Crippen LogP contribution in [-0.2, 0) is 19.2 Å². The molecule has 0 saturated carbocycles. The van der Waals surface area contributed by atoms with Gasteiger partial charge in [-0.3, -0.25) is 19.7 Å². The van der Waals surface area contributed by atoms with Crippen LogP contribution in [0.3, 0.4) is 0 Å². The summed E-state index contributed by atoms with van der Waals surface area (Å²) in [7, 11) is 0. The Balaban J connectivity index is 3.92. The van der Waals surface area contributed by atoms with Gasteiger partial charge in [-0.25, -0.2) is 4.79 Å². The first-order valence-electron chi connectivity index (χ1n) is 14.1. The molecule has 0 heterocycles. The molecule has 210 valence electrons. The van der Waals surface area contributed by atoms with Crippen molar-refractivity contribution < 1.29 is 24.3 Å². The third-order valence-electron chi connectivity index (χ3n) is 6.37. The third kappa shape index (κ3) is 20.2. The van der Waals surface area contributed by atoms with Gasteiger partial charge in [0.1, 0.15) is 6.04 Å². The molecule has 36 heavy (non-hydrogen) atoms. The van der Waals surface area contributed by atoms with Crippen molar-refractivity contribution in [1.82, 2.24) is 10.6 Å². The first-order valence-corrected chi connectivity index (χ1v) is 14.1. The van der Waals surface area contributed by atoms with Gasteiger partial charge in [-0.2, -0.15) is 0 Å². The van der Waals surface area contributed by atoms with E-state index in [2.05, 4.69) is 17.6 Å². The summed E-state index contributed by atoms with van der Waals surface area (Å²) in [5.41, 5.74) is 11.1. The number of imide groups is 1. The Hall–Kier alpha value is -2.00. The number of carbonyl (C=O) groups is 4. The molecule has 0 bridgehead atoms. The number of nitrogens with two attached hydrogens (primary N) is 2. The van der Waals surface area contributed by atoms with Crippen LogP contribution in [0, 0.1) is 0 Å². The molecule has 9 heteroatoms. The number of carbonyl (C=O) groups excluding carboxylic acids is 3. The van der Waals surface area contributed by atoms with E-state index in [0.717, 1.165) is 19.3 Å². The lowest BCUT2D eigenvalue weighted by atomic mass is 10.0. The molecule has 0 aromatic carbocycles. The second-order valence-electron chi connectivity index (χ2n) is 9.79. The van der Waals surface area contributed by atoms with Gasteiger partial charge in [0.25, 0.3) is 0 Å². The molecule has 0 fully saturated rings. The number of carboxylic acid groups (broad SMARTS) is 1. The Morgan fingerprint density at radius 2 is 1.22 bits per heavy atom. The van der Waals surface area contributed by atoms with Gasteiger partial charge >= 0.3 is 5.97 Å². The highest BCUT2D eigenvalue weighted by atomic mass is 16.4. The second-order valence-corrected chi connectivity index (χ2v) is 9.79. The summed E-state index contributed by atoms with van der Waals surface area (Å²) < 4.78 is 0. The fourth-order valence-electron chi connectivity index (χ4n) is 4.03. The molecule has 0 aromatic heterocycles. The highest BCUT2D eigenvalue weighted by Crippen LogP contribution is 2.13. The van der Waals surface area contributed by atoms with Crippen LogP contribution in [0.15, 0.2) is 0 Å². The molecule has 3 amide bonds. The monoisotopic (exact) mass is 512 g/mol. The molecule has 0 aliphatic carbocycles. The van der Waals surface area contributed by atoms with Gasteiger partial charge in [0.05, 0.1) is 6.04 Å². The number of aliphatic carboxylic acids is 1. The van der Waals surface area contributed by atoms with Crippen molar-refractivity contribution in [3.63, 3.8) is 0 Å². The van der Waals surface area contributed by atoms with Crippen LogP contribution in [0.5, 0.6) is 0 Å². The first kappa shape index (κ1) is 34.0. The van der Waals surface area contributed by atoms with Gasteiger partial charge in [-0.05, 0) is 32.2 Å². The van der Waals surface area contributed by atoms with E-state index < -0.39 is 29.9 Å². The smallest absolute Gasteiger partial charge is 0.326 e. The standard InChI is InChI=1S/C27H52N4O5/c1-2-3-4-5-6-7-8-9-10-11-12-13-14-18-24(32)30-23(27(35)36)19-20-25(33)31-26(34)22(29)17-15-16-21-28/h22-23H,2-21,28-29H2,1H3,(H,30,32)(H,35,36)(H,31,33,34)/t22-,23?/m0/s1. The lowest BCUT2D eigenvalue weighted by Gasteiger charge is -2.15. The van der Waals surface area contributed by atoms with Crippen LogP contribution >= 0.6 is 0 Å². The summed E-state index contributed by atoms with van der Waals surface area (Å²) in [6, 6.07) is -1.98. The second kappa shape index (κ2) is 23.4. The average Bonchev–Trinajstić information content (AvgIpc) is 2.84. The lowest BCUT2D eigenvalue weighted by Crippen LogP contribution is -2.45. The zero-order valence-electron chi connectivity index (χ0n) is 22.5. The zero-order chi connectivity index (χ0) is 27.0. The molecule has 0 radical (unpaired) electrons. The summed E-state index contributed by atoms with van der Waals surface area (Å²) in [5, 5.41) is 14.0. The minimum absolute atomic E-state index is 0.0960. The third-order valence-corrected chi connectivity index (χ3v) is 6.37. The Morgan fingerprint density at radius 1 is 0.694 bits per heavy atom. The van der Waals surface area contributed by atoms with Crippen LogP contribution in [0.25, 0.3) is 0 Å². The van der Waals surface area contributed by atoms with Crippen molar-refractivity contribution in [1.29, 1.82) is 0 Å². The largest absolute Gasteiger partial charge is 0.480 e. The van der Waals surface area contributed by atoms with Crippen LogP contribution < -0.4 is 22.1 Å². The maximum Gasteiger partial charge on any atom is 0.326 e. The molecule has 2 atom stereocenters. The van der Waals surface area contributed by atoms with Crippen LogP contribution in [0.2, 0.25) is 0 Å². The molecule has 0 aliphatic heterocycles. The van der Waals surface area contributed by atoms with E-state index >= 15 is 0 Å². The average molecular weight is 513 g/mol. The Bertz CT molecular complexity index is 615. The number of rotatable bonds is 24. The van der Waals surface area contributed by atoms with Gasteiger partial charge < -0.3 is 21.9 Å². The fraction of sp³-hybridized carbons (Fsp3) is 0.852. The summed E-state index contributed by atoms with van der Waals surface area (Å²) in [5.74, 6) is -2.73. The molecule has 9 nitrogen and oxygen atoms in total. The van der Waals surface area contributed by atoms with Crippen molar-refractivity contribution in [2.45, 2.75) is 141 Å².